The van der Waals surface area contributed by atoms with Crippen LogP contribution in [0.3, 0.4) is 0 Å². The Labute approximate surface area is 150 Å². The van der Waals surface area contributed by atoms with Crippen LogP contribution in [0, 0.1) is 0 Å². The van der Waals surface area contributed by atoms with Gasteiger partial charge in [-0.05, 0) is 39.0 Å². The summed E-state index contributed by atoms with van der Waals surface area (Å²) in [5, 5.41) is 10.5. The molecule has 0 aliphatic rings. The van der Waals surface area contributed by atoms with Gasteiger partial charge in [0.05, 0.1) is 18.4 Å². The Bertz CT molecular complexity index is 803. The van der Waals surface area contributed by atoms with Crippen LogP contribution >= 0.6 is 11.6 Å². The SMILES string of the molecule is COC(=O)c1nnc(Cl)cc1Nc1cccc(C(=O)OC(C)(C)C)c1. The van der Waals surface area contributed by atoms with Crippen LogP contribution in [0.4, 0.5) is 11.4 Å². The van der Waals surface area contributed by atoms with E-state index in [1.165, 1.54) is 13.2 Å². The molecule has 7 nitrogen and oxygen atoms in total. The molecule has 0 saturated carbocycles. The first-order valence-corrected chi connectivity index (χ1v) is 7.79. The fraction of sp³-hybridized carbons (Fsp3) is 0.294. The number of anilines is 2. The predicted octanol–water partition coefficient (Wildman–Crippen LogP) is 3.62. The predicted molar refractivity (Wildman–Crippen MR) is 93.3 cm³/mol. The number of carbonyl (C=O) groups excluding carboxylic acids is 2. The molecule has 1 N–H and O–H groups in total. The van der Waals surface area contributed by atoms with Gasteiger partial charge in [-0.25, -0.2) is 9.59 Å². The normalized spacial score (nSPS) is 10.9. The monoisotopic (exact) mass is 363 g/mol. The van der Waals surface area contributed by atoms with Crippen molar-refractivity contribution in [1.82, 2.24) is 10.2 Å². The third-order valence-electron chi connectivity index (χ3n) is 2.92. The Morgan fingerprint density at radius 2 is 1.84 bits per heavy atom. The number of hydrogen-bond acceptors (Lipinski definition) is 7. The number of methoxy groups -OCH3 is 1. The van der Waals surface area contributed by atoms with E-state index in [0.717, 1.165) is 0 Å². The number of esters is 2. The molecule has 0 amide bonds. The van der Waals surface area contributed by atoms with Crippen LogP contribution in [0.25, 0.3) is 0 Å². The molecule has 8 heteroatoms. The average molecular weight is 364 g/mol. The molecular formula is C17H18ClN3O4. The molecule has 0 aliphatic heterocycles. The number of ether oxygens (including phenoxy) is 2. The number of aromatic nitrogens is 2. The minimum Gasteiger partial charge on any atom is -0.464 e. The number of nitrogens with zero attached hydrogens (tertiary/aromatic N) is 2. The number of carbonyl (C=O) groups is 2. The van der Waals surface area contributed by atoms with Crippen LogP contribution in [0.2, 0.25) is 5.15 Å². The number of halogens is 1. The van der Waals surface area contributed by atoms with Gasteiger partial charge in [0.2, 0.25) is 0 Å². The van der Waals surface area contributed by atoms with Gasteiger partial charge in [-0.1, -0.05) is 17.7 Å². The molecule has 0 fully saturated rings. The Hall–Kier alpha value is -2.67. The molecule has 1 heterocycles. The van der Waals surface area contributed by atoms with Gasteiger partial charge < -0.3 is 14.8 Å². The topological polar surface area (TPSA) is 90.4 Å². The van der Waals surface area contributed by atoms with Crippen LogP contribution in [0.15, 0.2) is 30.3 Å². The van der Waals surface area contributed by atoms with E-state index >= 15 is 0 Å². The molecule has 0 saturated heterocycles. The molecule has 0 aliphatic carbocycles. The molecule has 0 radical (unpaired) electrons. The molecule has 1 aromatic carbocycles. The third kappa shape index (κ3) is 5.15. The Morgan fingerprint density at radius 1 is 1.12 bits per heavy atom. The van der Waals surface area contributed by atoms with Crippen molar-refractivity contribution in [2.45, 2.75) is 26.4 Å². The summed E-state index contributed by atoms with van der Waals surface area (Å²) in [4.78, 5) is 24.0. The maximum atomic E-state index is 12.2. The Kier molecular flexibility index (Phi) is 5.58. The van der Waals surface area contributed by atoms with Crippen LogP contribution in [0.1, 0.15) is 41.6 Å². The molecule has 132 valence electrons. The van der Waals surface area contributed by atoms with Gasteiger partial charge in [-0.3, -0.25) is 0 Å². The zero-order valence-electron chi connectivity index (χ0n) is 14.3. The third-order valence-corrected chi connectivity index (χ3v) is 3.10. The second kappa shape index (κ2) is 7.48. The number of rotatable bonds is 4. The van der Waals surface area contributed by atoms with Crippen molar-refractivity contribution in [3.8, 4) is 0 Å². The van der Waals surface area contributed by atoms with Gasteiger partial charge in [-0.2, -0.15) is 0 Å². The van der Waals surface area contributed by atoms with E-state index in [2.05, 4.69) is 20.3 Å². The van der Waals surface area contributed by atoms with Crippen LogP contribution in [0.5, 0.6) is 0 Å². The average Bonchev–Trinajstić information content (AvgIpc) is 2.53. The van der Waals surface area contributed by atoms with Crippen molar-refractivity contribution >= 4 is 34.9 Å². The van der Waals surface area contributed by atoms with Gasteiger partial charge in [-0.15, -0.1) is 10.2 Å². The summed E-state index contributed by atoms with van der Waals surface area (Å²) < 4.78 is 10.0. The summed E-state index contributed by atoms with van der Waals surface area (Å²) in [6.07, 6.45) is 0. The second-order valence-corrected chi connectivity index (χ2v) is 6.52. The highest BCUT2D eigenvalue weighted by molar-refractivity contribution is 6.29. The molecule has 0 bridgehead atoms. The van der Waals surface area contributed by atoms with E-state index < -0.39 is 17.5 Å². The fourth-order valence-corrected chi connectivity index (χ4v) is 2.07. The lowest BCUT2D eigenvalue weighted by atomic mass is 10.1. The summed E-state index contributed by atoms with van der Waals surface area (Å²) in [6, 6.07) is 8.10. The molecule has 0 unspecified atom stereocenters. The highest BCUT2D eigenvalue weighted by Crippen LogP contribution is 2.23. The minimum atomic E-state index is -0.657. The number of hydrogen-bond donors (Lipinski definition) is 1. The molecule has 1 aromatic heterocycles. The zero-order valence-corrected chi connectivity index (χ0v) is 15.0. The second-order valence-electron chi connectivity index (χ2n) is 6.13. The van der Waals surface area contributed by atoms with Crippen LogP contribution in [-0.4, -0.2) is 34.8 Å². The summed E-state index contributed by atoms with van der Waals surface area (Å²) in [5.41, 5.74) is 0.620. The van der Waals surface area contributed by atoms with Crippen LogP contribution < -0.4 is 5.32 Å². The first-order chi connectivity index (χ1) is 11.7. The molecular weight excluding hydrogens is 346 g/mol. The van der Waals surface area contributed by atoms with E-state index in [1.54, 1.807) is 45.0 Å². The van der Waals surface area contributed by atoms with E-state index in [9.17, 15) is 9.59 Å². The highest BCUT2D eigenvalue weighted by atomic mass is 35.5. The van der Waals surface area contributed by atoms with Crippen molar-refractivity contribution in [2.24, 2.45) is 0 Å². The van der Waals surface area contributed by atoms with E-state index in [1.807, 2.05) is 0 Å². The van der Waals surface area contributed by atoms with Crippen molar-refractivity contribution < 1.29 is 19.1 Å². The summed E-state index contributed by atoms with van der Waals surface area (Å²) in [5.74, 6) is -1.11. The molecule has 0 spiro atoms. The van der Waals surface area contributed by atoms with E-state index in [4.69, 9.17) is 16.3 Å². The minimum absolute atomic E-state index is 0.0189. The van der Waals surface area contributed by atoms with Gasteiger partial charge >= 0.3 is 11.9 Å². The van der Waals surface area contributed by atoms with Crippen LogP contribution in [-0.2, 0) is 9.47 Å². The lowest BCUT2D eigenvalue weighted by molar-refractivity contribution is 0.00694. The summed E-state index contributed by atoms with van der Waals surface area (Å²) >= 11 is 5.85. The first kappa shape index (κ1) is 18.7. The van der Waals surface area contributed by atoms with Crippen molar-refractivity contribution in [2.75, 3.05) is 12.4 Å². The smallest absolute Gasteiger partial charge is 0.360 e. The van der Waals surface area contributed by atoms with Crippen molar-refractivity contribution in [3.05, 3.63) is 46.7 Å². The number of nitrogens with one attached hydrogen (secondary N) is 1. The van der Waals surface area contributed by atoms with Gasteiger partial charge in [0.25, 0.3) is 0 Å². The fourth-order valence-electron chi connectivity index (χ4n) is 1.93. The van der Waals surface area contributed by atoms with Gasteiger partial charge in [0.15, 0.2) is 10.8 Å². The summed E-state index contributed by atoms with van der Waals surface area (Å²) in [6.45, 7) is 5.38. The maximum Gasteiger partial charge on any atom is 0.360 e. The van der Waals surface area contributed by atoms with Gasteiger partial charge in [0.1, 0.15) is 5.60 Å². The largest absolute Gasteiger partial charge is 0.464 e. The summed E-state index contributed by atoms with van der Waals surface area (Å²) in [7, 11) is 1.24. The lowest BCUT2D eigenvalue weighted by Crippen LogP contribution is -2.23. The standard InChI is InChI=1S/C17H18ClN3O4/c1-17(2,3)25-15(22)10-6-5-7-11(8-10)19-12-9-13(18)20-21-14(12)16(23)24-4/h5-9H,1-4H3,(H,19,20). The first-order valence-electron chi connectivity index (χ1n) is 7.41. The lowest BCUT2D eigenvalue weighted by Gasteiger charge is -2.19. The van der Waals surface area contributed by atoms with Gasteiger partial charge in [0, 0.05) is 11.8 Å². The zero-order chi connectivity index (χ0) is 18.6. The molecule has 0 atom stereocenters. The number of benzene rings is 1. The molecule has 2 aromatic rings. The van der Waals surface area contributed by atoms with Crippen molar-refractivity contribution in [3.63, 3.8) is 0 Å². The maximum absolute atomic E-state index is 12.2. The van der Waals surface area contributed by atoms with Crippen molar-refractivity contribution in [1.29, 1.82) is 0 Å². The molecule has 2 rings (SSSR count). The Morgan fingerprint density at radius 3 is 2.48 bits per heavy atom. The molecule has 25 heavy (non-hydrogen) atoms. The van der Waals surface area contributed by atoms with E-state index in [-0.39, 0.29) is 10.8 Å². The Balaban J connectivity index is 2.30. The highest BCUT2D eigenvalue weighted by Gasteiger charge is 2.19. The van der Waals surface area contributed by atoms with E-state index in [0.29, 0.717) is 16.9 Å². The quantitative estimate of drug-likeness (QED) is 0.829.